The standard InChI is InChI=1S/C18H16N6O4S/c1-24-18(21-22-23-24)29-9-16(25)20-13-5-3-2-4-12(13)17(26)19-11-6-7-14-15(8-11)28-10-27-14/h2-8H,9-10H2,1H3,(H,19,26)(H,20,25). The predicted octanol–water partition coefficient (Wildman–Crippen LogP) is 1.92. The van der Waals surface area contributed by atoms with Crippen LogP contribution in [0.4, 0.5) is 11.4 Å². The van der Waals surface area contributed by atoms with Gasteiger partial charge in [0.1, 0.15) is 0 Å². The van der Waals surface area contributed by atoms with E-state index in [1.54, 1.807) is 49.5 Å². The minimum Gasteiger partial charge on any atom is -0.454 e. The molecule has 2 N–H and O–H groups in total. The van der Waals surface area contributed by atoms with Crippen molar-refractivity contribution in [1.82, 2.24) is 20.2 Å². The summed E-state index contributed by atoms with van der Waals surface area (Å²) in [4.78, 5) is 25.0. The molecular formula is C18H16N6O4S. The van der Waals surface area contributed by atoms with Crippen molar-refractivity contribution in [2.75, 3.05) is 23.2 Å². The van der Waals surface area contributed by atoms with Gasteiger partial charge in [0.05, 0.1) is 17.0 Å². The number of nitrogens with one attached hydrogen (secondary N) is 2. The molecule has 2 amide bonds. The van der Waals surface area contributed by atoms with E-state index in [0.717, 1.165) is 0 Å². The van der Waals surface area contributed by atoms with E-state index >= 15 is 0 Å². The molecule has 0 aliphatic carbocycles. The highest BCUT2D eigenvalue weighted by atomic mass is 32.2. The second-order valence-electron chi connectivity index (χ2n) is 5.99. The SMILES string of the molecule is Cn1nnnc1SCC(=O)Nc1ccccc1C(=O)Nc1ccc2c(c1)OCO2. The lowest BCUT2D eigenvalue weighted by Gasteiger charge is -2.11. The lowest BCUT2D eigenvalue weighted by atomic mass is 10.1. The molecule has 1 aliphatic heterocycles. The van der Waals surface area contributed by atoms with Gasteiger partial charge in [-0.1, -0.05) is 23.9 Å². The van der Waals surface area contributed by atoms with Gasteiger partial charge in [-0.2, -0.15) is 0 Å². The Balaban J connectivity index is 1.42. The molecule has 0 bridgehead atoms. The molecular weight excluding hydrogens is 396 g/mol. The van der Waals surface area contributed by atoms with Crippen molar-refractivity contribution in [3.05, 3.63) is 48.0 Å². The first-order chi connectivity index (χ1) is 14.1. The number of para-hydroxylation sites is 1. The van der Waals surface area contributed by atoms with E-state index in [4.69, 9.17) is 9.47 Å². The average Bonchev–Trinajstić information content (AvgIpc) is 3.35. The van der Waals surface area contributed by atoms with Gasteiger partial charge in [0.2, 0.25) is 17.9 Å². The van der Waals surface area contributed by atoms with Gasteiger partial charge in [-0.05, 0) is 34.7 Å². The van der Waals surface area contributed by atoms with Gasteiger partial charge in [0.25, 0.3) is 5.91 Å². The van der Waals surface area contributed by atoms with Crippen LogP contribution >= 0.6 is 11.8 Å². The Morgan fingerprint density at radius 1 is 1.14 bits per heavy atom. The van der Waals surface area contributed by atoms with Crippen molar-refractivity contribution in [1.29, 1.82) is 0 Å². The van der Waals surface area contributed by atoms with Crippen LogP contribution in [-0.2, 0) is 11.8 Å². The summed E-state index contributed by atoms with van der Waals surface area (Å²) in [6.45, 7) is 0.157. The molecule has 148 valence electrons. The molecule has 0 radical (unpaired) electrons. The number of benzene rings is 2. The summed E-state index contributed by atoms with van der Waals surface area (Å²) in [7, 11) is 1.69. The van der Waals surface area contributed by atoms with Gasteiger partial charge < -0.3 is 20.1 Å². The molecule has 0 saturated heterocycles. The maximum Gasteiger partial charge on any atom is 0.257 e. The minimum absolute atomic E-state index is 0.103. The summed E-state index contributed by atoms with van der Waals surface area (Å²) >= 11 is 1.20. The average molecular weight is 412 g/mol. The molecule has 1 aromatic heterocycles. The third-order valence-corrected chi connectivity index (χ3v) is 5.00. The molecule has 29 heavy (non-hydrogen) atoms. The summed E-state index contributed by atoms with van der Waals surface area (Å²) in [5.74, 6) is 0.670. The maximum atomic E-state index is 12.7. The third kappa shape index (κ3) is 4.29. The fourth-order valence-corrected chi connectivity index (χ4v) is 3.27. The van der Waals surface area contributed by atoms with Crippen LogP contribution in [0.15, 0.2) is 47.6 Å². The smallest absolute Gasteiger partial charge is 0.257 e. The van der Waals surface area contributed by atoms with Crippen molar-refractivity contribution >= 4 is 35.0 Å². The zero-order valence-electron chi connectivity index (χ0n) is 15.3. The number of hydrogen-bond donors (Lipinski definition) is 2. The van der Waals surface area contributed by atoms with E-state index in [9.17, 15) is 9.59 Å². The second-order valence-corrected chi connectivity index (χ2v) is 6.93. The summed E-state index contributed by atoms with van der Waals surface area (Å²) < 4.78 is 12.1. The number of aryl methyl sites for hydroxylation is 1. The van der Waals surface area contributed by atoms with Gasteiger partial charge in [-0.25, -0.2) is 4.68 Å². The van der Waals surface area contributed by atoms with Crippen LogP contribution in [0.3, 0.4) is 0 Å². The maximum absolute atomic E-state index is 12.7. The van der Waals surface area contributed by atoms with Gasteiger partial charge in [0, 0.05) is 18.8 Å². The molecule has 3 aromatic rings. The predicted molar refractivity (Wildman–Crippen MR) is 105 cm³/mol. The number of fused-ring (bicyclic) bond motifs is 1. The first-order valence-corrected chi connectivity index (χ1v) is 9.54. The highest BCUT2D eigenvalue weighted by Crippen LogP contribution is 2.34. The third-order valence-electron chi connectivity index (χ3n) is 3.99. The first kappa shape index (κ1) is 18.7. The molecule has 0 atom stereocenters. The van der Waals surface area contributed by atoms with Crippen molar-refractivity contribution in [3.8, 4) is 11.5 Å². The summed E-state index contributed by atoms with van der Waals surface area (Å²) in [5, 5.41) is 17.1. The quantitative estimate of drug-likeness (QED) is 0.589. The van der Waals surface area contributed by atoms with E-state index < -0.39 is 0 Å². The number of ether oxygens (including phenoxy) is 2. The largest absolute Gasteiger partial charge is 0.454 e. The topological polar surface area (TPSA) is 120 Å². The lowest BCUT2D eigenvalue weighted by molar-refractivity contribution is -0.113. The van der Waals surface area contributed by atoms with Crippen LogP contribution in [-0.4, -0.2) is 44.6 Å². The van der Waals surface area contributed by atoms with Crippen LogP contribution in [0.25, 0.3) is 0 Å². The van der Waals surface area contributed by atoms with E-state index in [1.165, 1.54) is 16.4 Å². The number of carbonyl (C=O) groups excluding carboxylic acids is 2. The lowest BCUT2D eigenvalue weighted by Crippen LogP contribution is -2.19. The van der Waals surface area contributed by atoms with Crippen LogP contribution < -0.4 is 20.1 Å². The minimum atomic E-state index is -0.357. The Hall–Kier alpha value is -3.60. The van der Waals surface area contributed by atoms with Crippen molar-refractivity contribution in [2.45, 2.75) is 5.16 Å². The zero-order valence-corrected chi connectivity index (χ0v) is 16.1. The molecule has 10 nitrogen and oxygen atoms in total. The number of tetrazole rings is 1. The van der Waals surface area contributed by atoms with Crippen molar-refractivity contribution < 1.29 is 19.1 Å². The van der Waals surface area contributed by atoms with Gasteiger partial charge in [-0.3, -0.25) is 9.59 Å². The molecule has 2 heterocycles. The zero-order chi connectivity index (χ0) is 20.2. The number of thioether (sulfide) groups is 1. The van der Waals surface area contributed by atoms with Crippen LogP contribution in [0.2, 0.25) is 0 Å². The fraction of sp³-hybridized carbons (Fsp3) is 0.167. The Morgan fingerprint density at radius 2 is 1.97 bits per heavy atom. The van der Waals surface area contributed by atoms with E-state index in [2.05, 4.69) is 26.2 Å². The Kier molecular flexibility index (Phi) is 5.29. The highest BCUT2D eigenvalue weighted by Gasteiger charge is 2.17. The molecule has 0 saturated carbocycles. The summed E-state index contributed by atoms with van der Waals surface area (Å²) in [6.07, 6.45) is 0. The molecule has 2 aromatic carbocycles. The Morgan fingerprint density at radius 3 is 2.79 bits per heavy atom. The van der Waals surface area contributed by atoms with Crippen LogP contribution in [0.1, 0.15) is 10.4 Å². The molecule has 0 spiro atoms. The van der Waals surface area contributed by atoms with E-state index in [1.807, 2.05) is 0 Å². The summed E-state index contributed by atoms with van der Waals surface area (Å²) in [5.41, 5.74) is 1.31. The van der Waals surface area contributed by atoms with Crippen LogP contribution in [0, 0.1) is 0 Å². The first-order valence-electron chi connectivity index (χ1n) is 8.55. The number of hydrogen-bond acceptors (Lipinski definition) is 8. The normalized spacial score (nSPS) is 11.9. The monoisotopic (exact) mass is 412 g/mol. The van der Waals surface area contributed by atoms with Gasteiger partial charge in [0.15, 0.2) is 11.5 Å². The van der Waals surface area contributed by atoms with Gasteiger partial charge in [-0.15, -0.1) is 5.10 Å². The van der Waals surface area contributed by atoms with Crippen molar-refractivity contribution in [3.63, 3.8) is 0 Å². The molecule has 11 heteroatoms. The number of aromatic nitrogens is 4. The van der Waals surface area contributed by atoms with E-state index in [-0.39, 0.29) is 24.4 Å². The molecule has 1 aliphatic rings. The molecule has 4 rings (SSSR count). The number of nitrogens with zero attached hydrogens (tertiary/aromatic N) is 4. The van der Waals surface area contributed by atoms with Crippen LogP contribution in [0.5, 0.6) is 11.5 Å². The number of amides is 2. The van der Waals surface area contributed by atoms with Gasteiger partial charge >= 0.3 is 0 Å². The Labute approximate surface area is 169 Å². The number of carbonyl (C=O) groups is 2. The Bertz CT molecular complexity index is 1070. The summed E-state index contributed by atoms with van der Waals surface area (Å²) in [6, 6.07) is 11.9. The second kappa shape index (κ2) is 8.19. The van der Waals surface area contributed by atoms with Crippen molar-refractivity contribution in [2.24, 2.45) is 7.05 Å². The number of anilines is 2. The fourth-order valence-electron chi connectivity index (χ4n) is 2.62. The number of rotatable bonds is 6. The van der Waals surface area contributed by atoms with E-state index in [0.29, 0.717) is 33.6 Å². The molecule has 0 fully saturated rings. The highest BCUT2D eigenvalue weighted by molar-refractivity contribution is 7.99. The molecule has 0 unspecified atom stereocenters.